The number of carbonyl (C=O) groups excluding carboxylic acids is 1. The molecule has 0 saturated carbocycles. The summed E-state index contributed by atoms with van der Waals surface area (Å²) in [5.41, 5.74) is 1.06. The summed E-state index contributed by atoms with van der Waals surface area (Å²) >= 11 is 0. The Bertz CT molecular complexity index is 400. The molecule has 0 aliphatic carbocycles. The Morgan fingerprint density at radius 3 is 2.82 bits per heavy atom. The third-order valence-electron chi connectivity index (χ3n) is 2.66. The van der Waals surface area contributed by atoms with E-state index in [0.717, 1.165) is 23.5 Å². The summed E-state index contributed by atoms with van der Waals surface area (Å²) < 4.78 is 15.7. The summed E-state index contributed by atoms with van der Waals surface area (Å²) in [5, 5.41) is 0. The summed E-state index contributed by atoms with van der Waals surface area (Å²) in [4.78, 5) is 11.1. The van der Waals surface area contributed by atoms with E-state index in [0.29, 0.717) is 26.1 Å². The minimum atomic E-state index is -0.197. The first-order chi connectivity index (χ1) is 8.29. The highest BCUT2D eigenvalue weighted by atomic mass is 16.5. The average molecular weight is 236 g/mol. The van der Waals surface area contributed by atoms with E-state index in [9.17, 15) is 4.79 Å². The van der Waals surface area contributed by atoms with Crippen molar-refractivity contribution in [3.8, 4) is 11.5 Å². The van der Waals surface area contributed by atoms with Crippen LogP contribution in [0.2, 0.25) is 0 Å². The van der Waals surface area contributed by atoms with Gasteiger partial charge in [0.05, 0.1) is 20.3 Å². The molecular formula is C13H16O4. The third kappa shape index (κ3) is 3.12. The van der Waals surface area contributed by atoms with Crippen molar-refractivity contribution < 1.29 is 19.0 Å². The van der Waals surface area contributed by atoms with Crippen LogP contribution in [-0.2, 0) is 16.0 Å². The Morgan fingerprint density at radius 1 is 1.29 bits per heavy atom. The summed E-state index contributed by atoms with van der Waals surface area (Å²) in [6.07, 6.45) is 1.94. The molecule has 4 nitrogen and oxygen atoms in total. The second-order valence-corrected chi connectivity index (χ2v) is 3.91. The predicted molar refractivity (Wildman–Crippen MR) is 62.4 cm³/mol. The second-order valence-electron chi connectivity index (χ2n) is 3.91. The zero-order valence-corrected chi connectivity index (χ0v) is 9.90. The second kappa shape index (κ2) is 5.57. The van der Waals surface area contributed by atoms with Gasteiger partial charge < -0.3 is 14.2 Å². The van der Waals surface area contributed by atoms with Crippen LogP contribution in [0.3, 0.4) is 0 Å². The zero-order valence-electron chi connectivity index (χ0n) is 9.90. The molecule has 0 spiro atoms. The van der Waals surface area contributed by atoms with Crippen molar-refractivity contribution in [1.29, 1.82) is 0 Å². The van der Waals surface area contributed by atoms with E-state index in [1.54, 1.807) is 0 Å². The summed E-state index contributed by atoms with van der Waals surface area (Å²) in [6, 6.07) is 5.79. The maximum Gasteiger partial charge on any atom is 0.305 e. The van der Waals surface area contributed by atoms with Crippen LogP contribution in [0.5, 0.6) is 11.5 Å². The summed E-state index contributed by atoms with van der Waals surface area (Å²) in [7, 11) is 1.40. The molecular weight excluding hydrogens is 220 g/mol. The van der Waals surface area contributed by atoms with Crippen molar-refractivity contribution in [2.75, 3.05) is 20.3 Å². The molecule has 92 valence electrons. The number of carbonyl (C=O) groups is 1. The minimum Gasteiger partial charge on any atom is -0.490 e. The number of methoxy groups -OCH3 is 1. The smallest absolute Gasteiger partial charge is 0.305 e. The van der Waals surface area contributed by atoms with Crippen LogP contribution in [0.1, 0.15) is 18.4 Å². The first-order valence-electron chi connectivity index (χ1n) is 5.75. The van der Waals surface area contributed by atoms with Gasteiger partial charge in [0.25, 0.3) is 0 Å². The van der Waals surface area contributed by atoms with Gasteiger partial charge in [-0.2, -0.15) is 0 Å². The van der Waals surface area contributed by atoms with E-state index in [2.05, 4.69) is 4.74 Å². The van der Waals surface area contributed by atoms with Gasteiger partial charge in [0.2, 0.25) is 0 Å². The van der Waals surface area contributed by atoms with E-state index in [4.69, 9.17) is 9.47 Å². The van der Waals surface area contributed by atoms with Gasteiger partial charge in [0, 0.05) is 12.8 Å². The lowest BCUT2D eigenvalue weighted by Gasteiger charge is -2.08. The number of benzene rings is 1. The third-order valence-corrected chi connectivity index (χ3v) is 2.66. The molecule has 1 aromatic rings. The Balaban J connectivity index is 2.04. The highest BCUT2D eigenvalue weighted by Crippen LogP contribution is 2.30. The van der Waals surface area contributed by atoms with Crippen LogP contribution < -0.4 is 9.47 Å². The normalized spacial score (nSPS) is 13.9. The maximum atomic E-state index is 11.1. The molecule has 0 amide bonds. The molecule has 2 rings (SSSR count). The molecule has 0 saturated heterocycles. The molecule has 0 atom stereocenters. The van der Waals surface area contributed by atoms with Crippen LogP contribution in [-0.4, -0.2) is 26.3 Å². The molecule has 17 heavy (non-hydrogen) atoms. The SMILES string of the molecule is COC(=O)CCc1ccc2c(c1)OCCCO2. The molecule has 1 aromatic carbocycles. The van der Waals surface area contributed by atoms with E-state index in [-0.39, 0.29) is 5.97 Å². The largest absolute Gasteiger partial charge is 0.490 e. The van der Waals surface area contributed by atoms with Crippen LogP contribution >= 0.6 is 0 Å². The molecule has 0 N–H and O–H groups in total. The highest BCUT2D eigenvalue weighted by Gasteiger charge is 2.11. The number of ether oxygens (including phenoxy) is 3. The summed E-state index contributed by atoms with van der Waals surface area (Å²) in [5.74, 6) is 1.35. The van der Waals surface area contributed by atoms with Gasteiger partial charge in [0.1, 0.15) is 0 Å². The van der Waals surface area contributed by atoms with E-state index < -0.39 is 0 Å². The van der Waals surface area contributed by atoms with Gasteiger partial charge in [-0.25, -0.2) is 0 Å². The lowest BCUT2D eigenvalue weighted by atomic mass is 10.1. The molecule has 0 bridgehead atoms. The Labute approximate surface area is 100 Å². The van der Waals surface area contributed by atoms with Crippen molar-refractivity contribution in [2.24, 2.45) is 0 Å². The monoisotopic (exact) mass is 236 g/mol. The van der Waals surface area contributed by atoms with Crippen molar-refractivity contribution in [1.82, 2.24) is 0 Å². The number of hydrogen-bond acceptors (Lipinski definition) is 4. The predicted octanol–water partition coefficient (Wildman–Crippen LogP) is 1.95. The quantitative estimate of drug-likeness (QED) is 0.752. The Hall–Kier alpha value is -1.71. The average Bonchev–Trinajstić information content (AvgIpc) is 2.60. The number of aryl methyl sites for hydroxylation is 1. The molecule has 0 aromatic heterocycles. The molecule has 1 aliphatic heterocycles. The van der Waals surface area contributed by atoms with E-state index in [1.165, 1.54) is 7.11 Å². The number of esters is 1. The number of hydrogen-bond donors (Lipinski definition) is 0. The molecule has 0 radical (unpaired) electrons. The van der Waals surface area contributed by atoms with Crippen LogP contribution in [0.15, 0.2) is 18.2 Å². The first-order valence-corrected chi connectivity index (χ1v) is 5.75. The molecule has 0 unspecified atom stereocenters. The van der Waals surface area contributed by atoms with Crippen LogP contribution in [0.4, 0.5) is 0 Å². The zero-order chi connectivity index (χ0) is 12.1. The van der Waals surface area contributed by atoms with Gasteiger partial charge in [-0.05, 0) is 24.1 Å². The standard InChI is InChI=1S/C13H16O4/c1-15-13(14)6-4-10-3-5-11-12(9-10)17-8-2-7-16-11/h3,5,9H,2,4,6-8H2,1H3. The Kier molecular flexibility index (Phi) is 3.85. The topological polar surface area (TPSA) is 44.8 Å². The lowest BCUT2D eigenvalue weighted by molar-refractivity contribution is -0.140. The number of fused-ring (bicyclic) bond motifs is 1. The van der Waals surface area contributed by atoms with Crippen molar-refractivity contribution in [3.63, 3.8) is 0 Å². The summed E-state index contributed by atoms with van der Waals surface area (Å²) in [6.45, 7) is 1.36. The molecule has 4 heteroatoms. The van der Waals surface area contributed by atoms with Gasteiger partial charge >= 0.3 is 5.97 Å². The van der Waals surface area contributed by atoms with Crippen molar-refractivity contribution in [3.05, 3.63) is 23.8 Å². The minimum absolute atomic E-state index is 0.197. The fourth-order valence-electron chi connectivity index (χ4n) is 1.71. The first kappa shape index (κ1) is 11.8. The van der Waals surface area contributed by atoms with E-state index >= 15 is 0 Å². The van der Waals surface area contributed by atoms with Crippen molar-refractivity contribution >= 4 is 5.97 Å². The highest BCUT2D eigenvalue weighted by molar-refractivity contribution is 5.69. The molecule has 0 fully saturated rings. The fourth-order valence-corrected chi connectivity index (χ4v) is 1.71. The number of rotatable bonds is 3. The van der Waals surface area contributed by atoms with Gasteiger partial charge in [-0.3, -0.25) is 4.79 Å². The maximum absolute atomic E-state index is 11.1. The van der Waals surface area contributed by atoms with Crippen LogP contribution in [0.25, 0.3) is 0 Å². The Morgan fingerprint density at radius 2 is 2.06 bits per heavy atom. The fraction of sp³-hybridized carbons (Fsp3) is 0.462. The lowest BCUT2D eigenvalue weighted by Crippen LogP contribution is -2.02. The van der Waals surface area contributed by atoms with Crippen molar-refractivity contribution in [2.45, 2.75) is 19.3 Å². The van der Waals surface area contributed by atoms with Gasteiger partial charge in [0.15, 0.2) is 11.5 Å². The van der Waals surface area contributed by atoms with Gasteiger partial charge in [-0.15, -0.1) is 0 Å². The van der Waals surface area contributed by atoms with Crippen LogP contribution in [0, 0.1) is 0 Å². The van der Waals surface area contributed by atoms with Gasteiger partial charge in [-0.1, -0.05) is 6.07 Å². The van der Waals surface area contributed by atoms with E-state index in [1.807, 2.05) is 18.2 Å². The molecule has 1 heterocycles. The molecule has 1 aliphatic rings.